The first-order chi connectivity index (χ1) is 15.6. The summed E-state index contributed by atoms with van der Waals surface area (Å²) in [4.78, 5) is 28.9. The van der Waals surface area contributed by atoms with Gasteiger partial charge in [0.05, 0.1) is 37.8 Å². The van der Waals surface area contributed by atoms with Crippen LogP contribution in [-0.2, 0) is 9.59 Å². The van der Waals surface area contributed by atoms with Crippen LogP contribution in [0.1, 0.15) is 11.8 Å². The van der Waals surface area contributed by atoms with E-state index in [2.05, 4.69) is 5.32 Å². The Morgan fingerprint density at radius 1 is 0.938 bits per heavy atom. The molecule has 0 radical (unpaired) electrons. The number of imide groups is 1. The highest BCUT2D eigenvalue weighted by Gasteiger charge is 2.41. The fraction of sp³-hybridized carbons (Fsp3) is 0.167. The second-order valence-corrected chi connectivity index (χ2v) is 7.75. The molecule has 8 heteroatoms. The lowest BCUT2D eigenvalue weighted by Crippen LogP contribution is -2.32. The van der Waals surface area contributed by atoms with Gasteiger partial charge in [-0.05, 0) is 30.5 Å². The number of hydrogen-bond donors (Lipinski definition) is 1. The van der Waals surface area contributed by atoms with Crippen molar-refractivity contribution < 1.29 is 23.8 Å². The fourth-order valence-corrected chi connectivity index (χ4v) is 4.21. The normalized spacial score (nSPS) is 13.5. The highest BCUT2D eigenvalue weighted by Crippen LogP contribution is 2.39. The lowest BCUT2D eigenvalue weighted by atomic mass is 10.1. The third-order valence-electron chi connectivity index (χ3n) is 4.89. The maximum absolute atomic E-state index is 13.6. The van der Waals surface area contributed by atoms with Crippen molar-refractivity contribution in [3.63, 3.8) is 0 Å². The highest BCUT2D eigenvalue weighted by molar-refractivity contribution is 7.11. The molecule has 0 spiro atoms. The summed E-state index contributed by atoms with van der Waals surface area (Å²) in [5.74, 6) is 0.639. The molecule has 0 fully saturated rings. The molecule has 32 heavy (non-hydrogen) atoms. The molecule has 1 N–H and O–H groups in total. The van der Waals surface area contributed by atoms with Gasteiger partial charge in [0, 0.05) is 23.1 Å². The van der Waals surface area contributed by atoms with Gasteiger partial charge in [-0.3, -0.25) is 9.59 Å². The zero-order valence-electron chi connectivity index (χ0n) is 17.9. The Hall–Kier alpha value is -3.78. The molecule has 3 aromatic rings. The third-order valence-corrected chi connectivity index (χ3v) is 5.78. The summed E-state index contributed by atoms with van der Waals surface area (Å²) in [7, 11) is 3.03. The summed E-state index contributed by atoms with van der Waals surface area (Å²) >= 11 is 1.39. The molecule has 0 saturated heterocycles. The molecule has 2 heterocycles. The van der Waals surface area contributed by atoms with Gasteiger partial charge < -0.3 is 19.5 Å². The minimum Gasteiger partial charge on any atom is -0.497 e. The van der Waals surface area contributed by atoms with Crippen LogP contribution in [-0.4, -0.2) is 32.6 Å². The summed E-state index contributed by atoms with van der Waals surface area (Å²) in [6.07, 6.45) is 0. The van der Waals surface area contributed by atoms with E-state index in [0.29, 0.717) is 45.7 Å². The van der Waals surface area contributed by atoms with Crippen LogP contribution in [0, 0.1) is 0 Å². The van der Waals surface area contributed by atoms with Crippen molar-refractivity contribution in [1.29, 1.82) is 0 Å². The quantitative estimate of drug-likeness (QED) is 0.507. The van der Waals surface area contributed by atoms with Crippen molar-refractivity contribution in [2.24, 2.45) is 0 Å². The minimum atomic E-state index is -0.472. The van der Waals surface area contributed by atoms with E-state index in [1.54, 1.807) is 24.3 Å². The molecular weight excluding hydrogens is 428 g/mol. The Balaban J connectivity index is 1.81. The van der Waals surface area contributed by atoms with Gasteiger partial charge in [-0.15, -0.1) is 11.3 Å². The first-order valence-corrected chi connectivity index (χ1v) is 10.8. The monoisotopic (exact) mass is 450 g/mol. The molecule has 2 aromatic carbocycles. The van der Waals surface area contributed by atoms with Crippen LogP contribution in [0.25, 0.3) is 5.57 Å². The molecule has 1 aliphatic rings. The van der Waals surface area contributed by atoms with Gasteiger partial charge in [0.25, 0.3) is 11.8 Å². The first-order valence-electron chi connectivity index (χ1n) is 9.96. The number of anilines is 2. The Labute approximate surface area is 189 Å². The number of benzene rings is 2. The van der Waals surface area contributed by atoms with Crippen LogP contribution in [0.3, 0.4) is 0 Å². The molecule has 0 atom stereocenters. The molecule has 1 aromatic heterocycles. The van der Waals surface area contributed by atoms with E-state index in [1.807, 2.05) is 42.6 Å². The Morgan fingerprint density at radius 3 is 2.28 bits per heavy atom. The number of hydrogen-bond acceptors (Lipinski definition) is 7. The minimum absolute atomic E-state index is 0.186. The number of ether oxygens (including phenoxy) is 3. The number of methoxy groups -OCH3 is 2. The lowest BCUT2D eigenvalue weighted by Gasteiger charge is -2.18. The van der Waals surface area contributed by atoms with Crippen molar-refractivity contribution >= 4 is 40.1 Å². The molecular formula is C24H22N2O5S. The number of nitrogens with zero attached hydrogens (tertiary/aromatic N) is 1. The van der Waals surface area contributed by atoms with E-state index in [9.17, 15) is 9.59 Å². The Kier molecular flexibility index (Phi) is 6.13. The molecule has 164 valence electrons. The fourth-order valence-electron chi connectivity index (χ4n) is 3.44. The van der Waals surface area contributed by atoms with Gasteiger partial charge in [-0.25, -0.2) is 4.90 Å². The lowest BCUT2D eigenvalue weighted by molar-refractivity contribution is -0.120. The predicted molar refractivity (Wildman–Crippen MR) is 125 cm³/mol. The smallest absolute Gasteiger partial charge is 0.282 e. The Bertz CT molecular complexity index is 1160. The van der Waals surface area contributed by atoms with Gasteiger partial charge in [0.2, 0.25) is 0 Å². The molecule has 0 saturated carbocycles. The van der Waals surface area contributed by atoms with Gasteiger partial charge in [-0.1, -0.05) is 18.2 Å². The number of carbonyl (C=O) groups excluding carboxylic acids is 2. The van der Waals surface area contributed by atoms with Gasteiger partial charge >= 0.3 is 0 Å². The summed E-state index contributed by atoms with van der Waals surface area (Å²) in [6.45, 7) is 2.35. The van der Waals surface area contributed by atoms with Crippen molar-refractivity contribution in [2.45, 2.75) is 6.92 Å². The summed E-state index contributed by atoms with van der Waals surface area (Å²) in [5.41, 5.74) is 1.45. The molecule has 7 nitrogen and oxygen atoms in total. The van der Waals surface area contributed by atoms with Gasteiger partial charge in [-0.2, -0.15) is 0 Å². The largest absolute Gasteiger partial charge is 0.497 e. The standard InChI is InChI=1S/C24H22N2O5S/c1-4-31-19-9-6-5-8-18(19)25-22-21(20-10-7-11-32-20)23(27)26(24(22)28)15-12-16(29-2)14-17(13-15)30-3/h5-14,25H,4H2,1-3H3. The average molecular weight is 451 g/mol. The predicted octanol–water partition coefficient (Wildman–Crippen LogP) is 4.56. The third kappa shape index (κ3) is 3.92. The zero-order valence-corrected chi connectivity index (χ0v) is 18.7. The van der Waals surface area contributed by atoms with E-state index < -0.39 is 11.8 Å². The second kappa shape index (κ2) is 9.15. The maximum atomic E-state index is 13.6. The second-order valence-electron chi connectivity index (χ2n) is 6.80. The zero-order chi connectivity index (χ0) is 22.7. The Morgan fingerprint density at radius 2 is 1.66 bits per heavy atom. The molecule has 0 unspecified atom stereocenters. The van der Waals surface area contributed by atoms with Crippen molar-refractivity contribution in [3.05, 3.63) is 70.6 Å². The first kappa shape index (κ1) is 21.5. The summed E-state index contributed by atoms with van der Waals surface area (Å²) in [5, 5.41) is 5.02. The molecule has 2 amide bonds. The molecule has 0 bridgehead atoms. The van der Waals surface area contributed by atoms with E-state index in [1.165, 1.54) is 25.6 Å². The highest BCUT2D eigenvalue weighted by atomic mass is 32.1. The van der Waals surface area contributed by atoms with Crippen LogP contribution < -0.4 is 24.4 Å². The summed E-state index contributed by atoms with van der Waals surface area (Å²) in [6, 6.07) is 15.9. The average Bonchev–Trinajstić information content (AvgIpc) is 3.41. The number of amides is 2. The van der Waals surface area contributed by atoms with E-state index in [0.717, 1.165) is 4.90 Å². The summed E-state index contributed by atoms with van der Waals surface area (Å²) < 4.78 is 16.3. The van der Waals surface area contributed by atoms with Crippen LogP contribution in [0.2, 0.25) is 0 Å². The van der Waals surface area contributed by atoms with E-state index in [4.69, 9.17) is 14.2 Å². The van der Waals surface area contributed by atoms with Crippen LogP contribution in [0.15, 0.2) is 65.7 Å². The number of rotatable bonds is 8. The van der Waals surface area contributed by atoms with Crippen molar-refractivity contribution in [1.82, 2.24) is 0 Å². The van der Waals surface area contributed by atoms with Gasteiger partial charge in [0.1, 0.15) is 22.9 Å². The van der Waals surface area contributed by atoms with E-state index >= 15 is 0 Å². The SMILES string of the molecule is CCOc1ccccc1NC1=C(c2cccs2)C(=O)N(c2cc(OC)cc(OC)c2)C1=O. The number of thiophene rings is 1. The number of para-hydroxylation sites is 2. The van der Waals surface area contributed by atoms with Crippen molar-refractivity contribution in [3.8, 4) is 17.2 Å². The molecule has 1 aliphatic heterocycles. The van der Waals surface area contributed by atoms with Crippen LogP contribution in [0.4, 0.5) is 11.4 Å². The van der Waals surface area contributed by atoms with Gasteiger partial charge in [0.15, 0.2) is 0 Å². The van der Waals surface area contributed by atoms with E-state index in [-0.39, 0.29) is 5.70 Å². The number of nitrogens with one attached hydrogen (secondary N) is 1. The topological polar surface area (TPSA) is 77.1 Å². The molecule has 4 rings (SSSR count). The number of carbonyl (C=O) groups is 2. The maximum Gasteiger partial charge on any atom is 0.282 e. The van der Waals surface area contributed by atoms with Crippen LogP contribution >= 0.6 is 11.3 Å². The van der Waals surface area contributed by atoms with Crippen LogP contribution in [0.5, 0.6) is 17.2 Å². The van der Waals surface area contributed by atoms with Crippen molar-refractivity contribution in [2.75, 3.05) is 31.0 Å². The molecule has 0 aliphatic carbocycles.